The number of rotatable bonds is 7. The van der Waals surface area contributed by atoms with Crippen LogP contribution < -0.4 is 15.2 Å². The second-order valence-corrected chi connectivity index (χ2v) is 6.38. The van der Waals surface area contributed by atoms with E-state index in [4.69, 9.17) is 15.2 Å². The fraction of sp³-hybridized carbons (Fsp3) is 0.600. The van der Waals surface area contributed by atoms with Crippen LogP contribution in [0.25, 0.3) is 0 Å². The summed E-state index contributed by atoms with van der Waals surface area (Å²) in [6.07, 6.45) is 3.50. The topological polar surface area (TPSA) is 44.5 Å². The third-order valence-corrected chi connectivity index (χ3v) is 5.20. The van der Waals surface area contributed by atoms with Crippen LogP contribution in [0.4, 0.5) is 0 Å². The van der Waals surface area contributed by atoms with Gasteiger partial charge >= 0.3 is 0 Å². The lowest BCUT2D eigenvalue weighted by molar-refractivity contribution is 0.261. The average molecular weight is 281 g/mol. The van der Waals surface area contributed by atoms with Crippen molar-refractivity contribution in [3.63, 3.8) is 0 Å². The van der Waals surface area contributed by atoms with Gasteiger partial charge in [0.1, 0.15) is 0 Å². The standard InChI is InChI=1S/C15H23NO2S/c1-2-17-13-6-3-4-7-14(13)18-10-9-15(12-16)8-5-11-19-15/h3-4,6-7H,2,5,8-12,16H2,1H3. The van der Waals surface area contributed by atoms with Crippen LogP contribution in [-0.4, -0.2) is 30.3 Å². The number of thioether (sulfide) groups is 1. The van der Waals surface area contributed by atoms with E-state index < -0.39 is 0 Å². The van der Waals surface area contributed by atoms with Crippen molar-refractivity contribution in [3.05, 3.63) is 24.3 Å². The molecule has 0 aliphatic carbocycles. The normalized spacial score (nSPS) is 22.4. The molecule has 19 heavy (non-hydrogen) atoms. The highest BCUT2D eigenvalue weighted by Crippen LogP contribution is 2.40. The van der Waals surface area contributed by atoms with Crippen LogP contribution in [0, 0.1) is 0 Å². The van der Waals surface area contributed by atoms with Crippen LogP contribution in [0.2, 0.25) is 0 Å². The molecule has 4 heteroatoms. The number of hydrogen-bond donors (Lipinski definition) is 1. The highest BCUT2D eigenvalue weighted by atomic mass is 32.2. The quantitative estimate of drug-likeness (QED) is 0.834. The van der Waals surface area contributed by atoms with Crippen LogP contribution in [0.1, 0.15) is 26.2 Å². The fourth-order valence-electron chi connectivity index (χ4n) is 2.41. The van der Waals surface area contributed by atoms with Crippen molar-refractivity contribution in [2.24, 2.45) is 5.73 Å². The highest BCUT2D eigenvalue weighted by Gasteiger charge is 2.33. The monoisotopic (exact) mass is 281 g/mol. The lowest BCUT2D eigenvalue weighted by atomic mass is 10.00. The van der Waals surface area contributed by atoms with E-state index in [2.05, 4.69) is 0 Å². The van der Waals surface area contributed by atoms with Crippen molar-refractivity contribution >= 4 is 11.8 Å². The molecule has 3 nitrogen and oxygen atoms in total. The molecular weight excluding hydrogens is 258 g/mol. The van der Waals surface area contributed by atoms with Gasteiger partial charge in [0.05, 0.1) is 13.2 Å². The second kappa shape index (κ2) is 7.06. The molecule has 1 aromatic carbocycles. The Kier molecular flexibility index (Phi) is 5.40. The summed E-state index contributed by atoms with van der Waals surface area (Å²) in [6, 6.07) is 7.84. The third-order valence-electron chi connectivity index (χ3n) is 3.52. The summed E-state index contributed by atoms with van der Waals surface area (Å²) in [6.45, 7) is 4.08. The number of hydrogen-bond acceptors (Lipinski definition) is 4. The van der Waals surface area contributed by atoms with E-state index in [9.17, 15) is 0 Å². The summed E-state index contributed by atoms with van der Waals surface area (Å²) in [7, 11) is 0. The molecule has 106 valence electrons. The molecule has 1 fully saturated rings. The van der Waals surface area contributed by atoms with Gasteiger partial charge in [0.2, 0.25) is 0 Å². The summed E-state index contributed by atoms with van der Waals surface area (Å²) < 4.78 is 11.7. The largest absolute Gasteiger partial charge is 0.490 e. The average Bonchev–Trinajstić information content (AvgIpc) is 2.90. The maximum atomic E-state index is 5.92. The SMILES string of the molecule is CCOc1ccccc1OCCC1(CN)CCCS1. The number of benzene rings is 1. The lowest BCUT2D eigenvalue weighted by Gasteiger charge is -2.26. The third kappa shape index (κ3) is 3.80. The Morgan fingerprint density at radius 2 is 2.00 bits per heavy atom. The molecule has 0 bridgehead atoms. The molecule has 0 saturated carbocycles. The van der Waals surface area contributed by atoms with Crippen LogP contribution in [0.15, 0.2) is 24.3 Å². The van der Waals surface area contributed by atoms with Crippen LogP contribution in [0.5, 0.6) is 11.5 Å². The van der Waals surface area contributed by atoms with Crippen molar-refractivity contribution < 1.29 is 9.47 Å². The Morgan fingerprint density at radius 3 is 2.58 bits per heavy atom. The summed E-state index contributed by atoms with van der Waals surface area (Å²) in [5.74, 6) is 2.89. The van der Waals surface area contributed by atoms with E-state index in [-0.39, 0.29) is 4.75 Å². The Morgan fingerprint density at radius 1 is 1.26 bits per heavy atom. The Hall–Kier alpha value is -0.870. The minimum Gasteiger partial charge on any atom is -0.490 e. The van der Waals surface area contributed by atoms with Crippen molar-refractivity contribution in [1.29, 1.82) is 0 Å². The first kappa shape index (κ1) is 14.5. The van der Waals surface area contributed by atoms with Crippen molar-refractivity contribution in [1.82, 2.24) is 0 Å². The number of ether oxygens (including phenoxy) is 2. The summed E-state index contributed by atoms with van der Waals surface area (Å²) >= 11 is 2.00. The van der Waals surface area contributed by atoms with E-state index >= 15 is 0 Å². The molecule has 1 unspecified atom stereocenters. The van der Waals surface area contributed by atoms with Gasteiger partial charge in [-0.2, -0.15) is 11.8 Å². The van der Waals surface area contributed by atoms with Gasteiger partial charge in [0.15, 0.2) is 11.5 Å². The predicted molar refractivity (Wildman–Crippen MR) is 81.2 cm³/mol. The van der Waals surface area contributed by atoms with Gasteiger partial charge in [-0.25, -0.2) is 0 Å². The summed E-state index contributed by atoms with van der Waals surface area (Å²) in [4.78, 5) is 0. The molecule has 0 spiro atoms. The van der Waals surface area contributed by atoms with Gasteiger partial charge in [0, 0.05) is 11.3 Å². The highest BCUT2D eigenvalue weighted by molar-refractivity contribution is 8.00. The molecule has 2 rings (SSSR count). The van der Waals surface area contributed by atoms with E-state index in [0.29, 0.717) is 13.2 Å². The smallest absolute Gasteiger partial charge is 0.161 e. The fourth-order valence-corrected chi connectivity index (χ4v) is 3.76. The van der Waals surface area contributed by atoms with Crippen LogP contribution in [-0.2, 0) is 0 Å². The zero-order valence-corrected chi connectivity index (χ0v) is 12.4. The zero-order chi connectivity index (χ0) is 13.6. The predicted octanol–water partition coefficient (Wildman–Crippen LogP) is 3.08. The molecule has 1 aliphatic rings. The minimum atomic E-state index is 0.237. The van der Waals surface area contributed by atoms with Crippen LogP contribution >= 0.6 is 11.8 Å². The summed E-state index contributed by atoms with van der Waals surface area (Å²) in [5, 5.41) is 0. The lowest BCUT2D eigenvalue weighted by Crippen LogP contribution is -2.33. The van der Waals surface area contributed by atoms with Gasteiger partial charge in [-0.15, -0.1) is 0 Å². The van der Waals surface area contributed by atoms with Gasteiger partial charge in [0.25, 0.3) is 0 Å². The Labute approximate surface area is 119 Å². The van der Waals surface area contributed by atoms with Crippen molar-refractivity contribution in [3.8, 4) is 11.5 Å². The molecule has 0 amide bonds. The van der Waals surface area contributed by atoms with Crippen molar-refractivity contribution in [2.75, 3.05) is 25.5 Å². The van der Waals surface area contributed by atoms with Crippen LogP contribution in [0.3, 0.4) is 0 Å². The van der Waals surface area contributed by atoms with Gasteiger partial charge in [-0.05, 0) is 44.1 Å². The maximum absolute atomic E-state index is 5.92. The van der Waals surface area contributed by atoms with E-state index in [0.717, 1.165) is 24.5 Å². The first-order valence-electron chi connectivity index (χ1n) is 6.98. The minimum absolute atomic E-state index is 0.237. The molecule has 2 N–H and O–H groups in total. The Bertz CT molecular complexity index is 391. The van der Waals surface area contributed by atoms with Gasteiger partial charge in [-0.3, -0.25) is 0 Å². The molecule has 1 heterocycles. The maximum Gasteiger partial charge on any atom is 0.161 e. The first-order valence-corrected chi connectivity index (χ1v) is 7.97. The Balaban J connectivity index is 1.88. The molecular formula is C15H23NO2S. The van der Waals surface area contributed by atoms with Crippen molar-refractivity contribution in [2.45, 2.75) is 30.9 Å². The second-order valence-electron chi connectivity index (χ2n) is 4.82. The first-order chi connectivity index (χ1) is 9.29. The number of nitrogens with two attached hydrogens (primary N) is 1. The molecule has 1 aromatic rings. The van der Waals surface area contributed by atoms with E-state index in [1.165, 1.54) is 18.6 Å². The zero-order valence-electron chi connectivity index (χ0n) is 11.6. The molecule has 1 aliphatic heterocycles. The summed E-state index contributed by atoms with van der Waals surface area (Å²) in [5.41, 5.74) is 5.92. The number of para-hydroxylation sites is 2. The van der Waals surface area contributed by atoms with E-state index in [1.807, 2.05) is 43.0 Å². The molecule has 0 aromatic heterocycles. The molecule has 1 atom stereocenters. The molecule has 0 radical (unpaired) electrons. The molecule has 1 saturated heterocycles. The van der Waals surface area contributed by atoms with E-state index in [1.54, 1.807) is 0 Å². The van der Waals surface area contributed by atoms with Gasteiger partial charge in [-0.1, -0.05) is 12.1 Å². The van der Waals surface area contributed by atoms with Gasteiger partial charge < -0.3 is 15.2 Å².